The molecular formula is C22H24N2O2S. The lowest BCUT2D eigenvalue weighted by molar-refractivity contribution is -0.135. The number of likely N-dealkylation sites (tertiary alicyclic amines) is 1. The second-order valence-electron chi connectivity index (χ2n) is 7.35. The van der Waals surface area contributed by atoms with E-state index in [1.165, 1.54) is 17.1 Å². The fourth-order valence-electron chi connectivity index (χ4n) is 3.91. The molecule has 140 valence electrons. The molecule has 0 aliphatic carbocycles. The lowest BCUT2D eigenvalue weighted by atomic mass is 9.90. The number of piperidine rings is 1. The van der Waals surface area contributed by atoms with Gasteiger partial charge in [0.2, 0.25) is 5.91 Å². The zero-order chi connectivity index (χ0) is 18.8. The molecule has 4 rings (SSSR count). The van der Waals surface area contributed by atoms with E-state index in [-0.39, 0.29) is 11.5 Å². The van der Waals surface area contributed by atoms with Gasteiger partial charge < -0.3 is 4.90 Å². The first-order valence-corrected chi connectivity index (χ1v) is 10.3. The van der Waals surface area contributed by atoms with E-state index in [1.807, 2.05) is 42.2 Å². The van der Waals surface area contributed by atoms with E-state index < -0.39 is 6.04 Å². The molecule has 1 unspecified atom stereocenters. The fourth-order valence-corrected chi connectivity index (χ4v) is 4.95. The summed E-state index contributed by atoms with van der Waals surface area (Å²) in [5.41, 5.74) is 1.31. The zero-order valence-corrected chi connectivity index (χ0v) is 16.3. The van der Waals surface area contributed by atoms with Gasteiger partial charge in [0.25, 0.3) is 5.56 Å². The Balaban J connectivity index is 1.41. The fraction of sp³-hybridized carbons (Fsp3) is 0.364. The molecule has 1 aliphatic heterocycles. The summed E-state index contributed by atoms with van der Waals surface area (Å²) in [7, 11) is 0. The van der Waals surface area contributed by atoms with E-state index in [9.17, 15) is 9.59 Å². The Labute approximate surface area is 163 Å². The Kier molecular flexibility index (Phi) is 5.12. The monoisotopic (exact) mass is 380 g/mol. The first-order valence-electron chi connectivity index (χ1n) is 9.57. The van der Waals surface area contributed by atoms with Crippen LogP contribution in [-0.2, 0) is 11.2 Å². The van der Waals surface area contributed by atoms with E-state index in [0.717, 1.165) is 37.1 Å². The van der Waals surface area contributed by atoms with Gasteiger partial charge in [-0.2, -0.15) is 0 Å². The summed E-state index contributed by atoms with van der Waals surface area (Å²) < 4.78 is 2.56. The molecule has 1 amide bonds. The van der Waals surface area contributed by atoms with Crippen molar-refractivity contribution >= 4 is 27.5 Å². The van der Waals surface area contributed by atoms with Gasteiger partial charge in [-0.15, -0.1) is 0 Å². The Morgan fingerprint density at radius 2 is 1.74 bits per heavy atom. The lowest BCUT2D eigenvalue weighted by Gasteiger charge is -2.33. The number of nitrogens with zero attached hydrogens (tertiary/aromatic N) is 2. The van der Waals surface area contributed by atoms with Crippen LogP contribution in [0.1, 0.15) is 31.4 Å². The summed E-state index contributed by atoms with van der Waals surface area (Å²) in [6.07, 6.45) is 3.12. The van der Waals surface area contributed by atoms with Gasteiger partial charge >= 0.3 is 0 Å². The molecular weight excluding hydrogens is 356 g/mol. The van der Waals surface area contributed by atoms with Crippen LogP contribution in [0.4, 0.5) is 0 Å². The first kappa shape index (κ1) is 18.0. The van der Waals surface area contributed by atoms with Crippen molar-refractivity contribution in [3.05, 3.63) is 70.5 Å². The van der Waals surface area contributed by atoms with Gasteiger partial charge in [-0.3, -0.25) is 13.5 Å². The second-order valence-corrected chi connectivity index (χ2v) is 8.37. The van der Waals surface area contributed by atoms with E-state index in [0.29, 0.717) is 11.3 Å². The van der Waals surface area contributed by atoms with Gasteiger partial charge in [0.05, 0.1) is 10.1 Å². The molecule has 1 saturated heterocycles. The number of fused-ring (bicyclic) bond motifs is 1. The number of hydrogen-bond acceptors (Lipinski definition) is 3. The number of amides is 1. The van der Waals surface area contributed by atoms with Crippen molar-refractivity contribution in [2.45, 2.75) is 32.2 Å². The smallest absolute Gasteiger partial charge is 0.269 e. The third-order valence-electron chi connectivity index (χ3n) is 5.52. The largest absolute Gasteiger partial charge is 0.341 e. The van der Waals surface area contributed by atoms with Gasteiger partial charge in [0.1, 0.15) is 6.04 Å². The van der Waals surface area contributed by atoms with Crippen molar-refractivity contribution in [3.8, 4) is 0 Å². The Morgan fingerprint density at radius 1 is 1.07 bits per heavy atom. The summed E-state index contributed by atoms with van der Waals surface area (Å²) in [4.78, 5) is 27.5. The van der Waals surface area contributed by atoms with E-state index in [1.54, 1.807) is 3.96 Å². The van der Waals surface area contributed by atoms with Crippen molar-refractivity contribution in [1.82, 2.24) is 8.86 Å². The van der Waals surface area contributed by atoms with Gasteiger partial charge in [0, 0.05) is 13.1 Å². The molecule has 0 spiro atoms. The normalized spacial score (nSPS) is 16.6. The van der Waals surface area contributed by atoms with Crippen molar-refractivity contribution in [2.75, 3.05) is 13.1 Å². The van der Waals surface area contributed by atoms with Crippen LogP contribution in [0.25, 0.3) is 10.1 Å². The molecule has 1 atom stereocenters. The summed E-state index contributed by atoms with van der Waals surface area (Å²) in [5, 5.41) is 0.698. The number of rotatable bonds is 4. The third-order valence-corrected chi connectivity index (χ3v) is 6.75. The van der Waals surface area contributed by atoms with E-state index >= 15 is 0 Å². The van der Waals surface area contributed by atoms with Crippen LogP contribution in [0.3, 0.4) is 0 Å². The summed E-state index contributed by atoms with van der Waals surface area (Å²) in [6.45, 7) is 3.40. The number of benzene rings is 2. The van der Waals surface area contributed by atoms with Crippen LogP contribution in [0.15, 0.2) is 59.4 Å². The zero-order valence-electron chi connectivity index (χ0n) is 15.5. The molecule has 5 heteroatoms. The second kappa shape index (κ2) is 7.69. The third kappa shape index (κ3) is 3.69. The molecule has 2 aromatic carbocycles. The Hall–Kier alpha value is -2.40. The minimum Gasteiger partial charge on any atom is -0.341 e. The van der Waals surface area contributed by atoms with Crippen molar-refractivity contribution in [3.63, 3.8) is 0 Å². The van der Waals surface area contributed by atoms with Crippen molar-refractivity contribution in [1.29, 1.82) is 0 Å². The quantitative estimate of drug-likeness (QED) is 0.684. The lowest BCUT2D eigenvalue weighted by Crippen LogP contribution is -2.43. The summed E-state index contributed by atoms with van der Waals surface area (Å²) >= 11 is 1.38. The molecule has 1 fully saturated rings. The van der Waals surface area contributed by atoms with E-state index in [4.69, 9.17) is 0 Å². The van der Waals surface area contributed by atoms with Gasteiger partial charge in [-0.1, -0.05) is 54.0 Å². The van der Waals surface area contributed by atoms with Gasteiger partial charge in [0.15, 0.2) is 0 Å². The molecule has 1 aromatic heterocycles. The SMILES string of the molecule is CC(C(=O)N1CCC(Cc2ccccc2)CC1)n1sc2ccccc2c1=O. The number of hydrogen-bond donors (Lipinski definition) is 0. The minimum atomic E-state index is -0.444. The highest BCUT2D eigenvalue weighted by Gasteiger charge is 2.28. The number of carbonyl (C=O) groups excluding carboxylic acids is 1. The minimum absolute atomic E-state index is 0.0572. The molecule has 3 aromatic rings. The average molecular weight is 381 g/mol. The van der Waals surface area contributed by atoms with Crippen LogP contribution in [0.2, 0.25) is 0 Å². The molecule has 1 aliphatic rings. The maximum atomic E-state index is 13.0. The maximum absolute atomic E-state index is 13.0. The van der Waals surface area contributed by atoms with Crippen LogP contribution in [0.5, 0.6) is 0 Å². The van der Waals surface area contributed by atoms with E-state index in [2.05, 4.69) is 24.3 Å². The standard InChI is InChI=1S/C22H24N2O2S/c1-16(24-22(26)19-9-5-6-10-20(19)27-24)21(25)23-13-11-18(12-14-23)15-17-7-3-2-4-8-17/h2-10,16,18H,11-15H2,1H3. The average Bonchev–Trinajstić information content (AvgIpc) is 3.05. The highest BCUT2D eigenvalue weighted by molar-refractivity contribution is 7.14. The number of aromatic nitrogens is 1. The highest BCUT2D eigenvalue weighted by Crippen LogP contribution is 2.25. The summed E-state index contributed by atoms with van der Waals surface area (Å²) in [5.74, 6) is 0.681. The highest BCUT2D eigenvalue weighted by atomic mass is 32.1. The Bertz CT molecular complexity index is 984. The van der Waals surface area contributed by atoms with Crippen molar-refractivity contribution < 1.29 is 4.79 Å². The maximum Gasteiger partial charge on any atom is 0.269 e. The van der Waals surface area contributed by atoms with Crippen LogP contribution in [0, 0.1) is 5.92 Å². The molecule has 0 radical (unpaired) electrons. The topological polar surface area (TPSA) is 42.3 Å². The molecule has 4 nitrogen and oxygen atoms in total. The van der Waals surface area contributed by atoms with Crippen LogP contribution < -0.4 is 5.56 Å². The molecule has 2 heterocycles. The predicted molar refractivity (Wildman–Crippen MR) is 110 cm³/mol. The van der Waals surface area contributed by atoms with Crippen LogP contribution >= 0.6 is 11.5 Å². The Morgan fingerprint density at radius 3 is 2.44 bits per heavy atom. The molecule has 0 N–H and O–H groups in total. The molecule has 0 saturated carbocycles. The predicted octanol–water partition coefficient (Wildman–Crippen LogP) is 4.11. The number of carbonyl (C=O) groups is 1. The van der Waals surface area contributed by atoms with Crippen molar-refractivity contribution in [2.24, 2.45) is 5.92 Å². The van der Waals surface area contributed by atoms with Gasteiger partial charge in [-0.25, -0.2) is 0 Å². The van der Waals surface area contributed by atoms with Crippen LogP contribution in [-0.4, -0.2) is 27.9 Å². The first-order chi connectivity index (χ1) is 13.1. The molecule has 0 bridgehead atoms. The molecule has 27 heavy (non-hydrogen) atoms. The summed E-state index contributed by atoms with van der Waals surface area (Å²) in [6, 6.07) is 17.7. The van der Waals surface area contributed by atoms with Gasteiger partial charge in [-0.05, 0) is 49.8 Å².